The van der Waals surface area contributed by atoms with E-state index in [1.54, 1.807) is 12.2 Å². The summed E-state index contributed by atoms with van der Waals surface area (Å²) in [5.41, 5.74) is 2.76. The minimum absolute atomic E-state index is 0.000865. The predicted molar refractivity (Wildman–Crippen MR) is 96.1 cm³/mol. The third-order valence-corrected chi connectivity index (χ3v) is 4.90. The van der Waals surface area contributed by atoms with Gasteiger partial charge in [0.15, 0.2) is 11.6 Å². The summed E-state index contributed by atoms with van der Waals surface area (Å²) in [4.78, 5) is 26.0. The van der Waals surface area contributed by atoms with Crippen LogP contribution in [0.3, 0.4) is 0 Å². The molecular formula is C22H16O2. The summed E-state index contributed by atoms with van der Waals surface area (Å²) in [6.45, 7) is 7.59. The first kappa shape index (κ1) is 14.6. The van der Waals surface area contributed by atoms with Gasteiger partial charge >= 0.3 is 0 Å². The molecule has 0 radical (unpaired) electrons. The average Bonchev–Trinajstić information content (AvgIpc) is 2.63. The highest BCUT2D eigenvalue weighted by atomic mass is 16.1. The Hall–Kier alpha value is -3.00. The quantitative estimate of drug-likeness (QED) is 0.806. The predicted octanol–water partition coefficient (Wildman–Crippen LogP) is 4.69. The van der Waals surface area contributed by atoms with Gasteiger partial charge in [-0.2, -0.15) is 0 Å². The van der Waals surface area contributed by atoms with Gasteiger partial charge in [0.25, 0.3) is 0 Å². The molecule has 2 unspecified atom stereocenters. The first-order chi connectivity index (χ1) is 11.6. The van der Waals surface area contributed by atoms with Crippen molar-refractivity contribution in [1.82, 2.24) is 0 Å². The summed E-state index contributed by atoms with van der Waals surface area (Å²) < 4.78 is 0. The summed E-state index contributed by atoms with van der Waals surface area (Å²) in [7, 11) is 0. The maximum Gasteiger partial charge on any atom is 0.171 e. The molecule has 2 nitrogen and oxygen atoms in total. The summed E-state index contributed by atoms with van der Waals surface area (Å²) in [6, 6.07) is 11.5. The summed E-state index contributed by atoms with van der Waals surface area (Å²) in [6.07, 6.45) is 7.12. The van der Waals surface area contributed by atoms with E-state index in [4.69, 9.17) is 0 Å². The summed E-state index contributed by atoms with van der Waals surface area (Å²) in [5, 5.41) is 1.95. The third kappa shape index (κ3) is 1.96. The van der Waals surface area contributed by atoms with Crippen LogP contribution in [0.2, 0.25) is 0 Å². The molecule has 0 bridgehead atoms. The standard InChI is InChI=1S/C22H16O2/c1-3-13-9-17-18(10-14(13)4-2)22(24)20-12-16-8-6-5-7-15(16)11-19(20)21(17)23/h3-12,17-18H,1-2H2. The third-order valence-electron chi connectivity index (χ3n) is 4.90. The van der Waals surface area contributed by atoms with Crippen LogP contribution >= 0.6 is 0 Å². The molecule has 0 heterocycles. The molecule has 2 heteroatoms. The van der Waals surface area contributed by atoms with E-state index in [-0.39, 0.29) is 11.6 Å². The second-order valence-corrected chi connectivity index (χ2v) is 6.18. The number of allylic oxidation sites excluding steroid dienone is 6. The Morgan fingerprint density at radius 1 is 0.750 bits per heavy atom. The van der Waals surface area contributed by atoms with Crippen LogP contribution < -0.4 is 0 Å². The monoisotopic (exact) mass is 312 g/mol. The highest BCUT2D eigenvalue weighted by Crippen LogP contribution is 2.39. The van der Waals surface area contributed by atoms with Crippen LogP contribution in [0.25, 0.3) is 10.8 Å². The van der Waals surface area contributed by atoms with Crippen molar-refractivity contribution in [1.29, 1.82) is 0 Å². The second-order valence-electron chi connectivity index (χ2n) is 6.18. The van der Waals surface area contributed by atoms with Gasteiger partial charge < -0.3 is 0 Å². The topological polar surface area (TPSA) is 34.1 Å². The van der Waals surface area contributed by atoms with E-state index in [2.05, 4.69) is 13.2 Å². The molecule has 0 aliphatic heterocycles. The first-order valence-electron chi connectivity index (χ1n) is 7.94. The van der Waals surface area contributed by atoms with E-state index < -0.39 is 11.8 Å². The van der Waals surface area contributed by atoms with Crippen LogP contribution in [0.1, 0.15) is 20.7 Å². The van der Waals surface area contributed by atoms with Crippen LogP contribution in [-0.2, 0) is 0 Å². The number of carbonyl (C=O) groups excluding carboxylic acids is 2. The number of carbonyl (C=O) groups is 2. The maximum atomic E-state index is 13.0. The Labute approximate surface area is 140 Å². The molecule has 0 N–H and O–H groups in total. The molecule has 2 aliphatic carbocycles. The Morgan fingerprint density at radius 3 is 1.54 bits per heavy atom. The fraction of sp³-hybridized carbons (Fsp3) is 0.0909. The lowest BCUT2D eigenvalue weighted by atomic mass is 9.69. The van der Waals surface area contributed by atoms with Crippen LogP contribution in [0.4, 0.5) is 0 Å². The molecule has 0 saturated heterocycles. The van der Waals surface area contributed by atoms with Gasteiger partial charge in [0.1, 0.15) is 0 Å². The van der Waals surface area contributed by atoms with E-state index in [1.165, 1.54) is 0 Å². The van der Waals surface area contributed by atoms with Crippen molar-refractivity contribution in [3.8, 4) is 0 Å². The summed E-state index contributed by atoms with van der Waals surface area (Å²) >= 11 is 0. The maximum absolute atomic E-state index is 13.0. The van der Waals surface area contributed by atoms with E-state index in [0.29, 0.717) is 11.1 Å². The SMILES string of the molecule is C=CC1=CC2C(=O)c3cc4ccccc4cc3C(=O)C2C=C1C=C. The van der Waals surface area contributed by atoms with E-state index in [9.17, 15) is 9.59 Å². The number of ketones is 2. The van der Waals surface area contributed by atoms with Gasteiger partial charge in [-0.3, -0.25) is 9.59 Å². The molecule has 2 atom stereocenters. The normalized spacial score (nSPS) is 22.3. The van der Waals surface area contributed by atoms with Crippen molar-refractivity contribution >= 4 is 22.3 Å². The van der Waals surface area contributed by atoms with Crippen molar-refractivity contribution in [2.24, 2.45) is 11.8 Å². The van der Waals surface area contributed by atoms with E-state index in [1.807, 2.05) is 48.6 Å². The zero-order valence-electron chi connectivity index (χ0n) is 13.2. The highest BCUT2D eigenvalue weighted by molar-refractivity contribution is 6.19. The minimum atomic E-state index is -0.456. The number of rotatable bonds is 2. The highest BCUT2D eigenvalue weighted by Gasteiger charge is 2.41. The fourth-order valence-electron chi connectivity index (χ4n) is 3.64. The Bertz CT molecular complexity index is 908. The largest absolute Gasteiger partial charge is 0.293 e. The zero-order valence-corrected chi connectivity index (χ0v) is 13.2. The molecule has 0 saturated carbocycles. The number of hydrogen-bond donors (Lipinski definition) is 0. The Balaban J connectivity index is 1.95. The molecule has 4 rings (SSSR count). The number of fused-ring (bicyclic) bond motifs is 3. The van der Waals surface area contributed by atoms with Gasteiger partial charge in [0, 0.05) is 11.1 Å². The number of Topliss-reactive ketones (excluding diaryl/α,β-unsaturated/α-hetero) is 2. The van der Waals surface area contributed by atoms with Gasteiger partial charge in [0.2, 0.25) is 0 Å². The van der Waals surface area contributed by atoms with Crippen LogP contribution in [0, 0.1) is 11.8 Å². The lowest BCUT2D eigenvalue weighted by Crippen LogP contribution is -2.36. The molecule has 2 aromatic rings. The van der Waals surface area contributed by atoms with Crippen molar-refractivity contribution < 1.29 is 9.59 Å². The van der Waals surface area contributed by atoms with Crippen LogP contribution in [0.5, 0.6) is 0 Å². The Morgan fingerprint density at radius 2 is 1.17 bits per heavy atom. The fourth-order valence-corrected chi connectivity index (χ4v) is 3.64. The molecule has 0 aromatic heterocycles. The van der Waals surface area contributed by atoms with Gasteiger partial charge in [0.05, 0.1) is 11.8 Å². The van der Waals surface area contributed by atoms with Crippen LogP contribution in [0.15, 0.2) is 85.0 Å². The molecule has 2 aromatic carbocycles. The van der Waals surface area contributed by atoms with E-state index >= 15 is 0 Å². The lowest BCUT2D eigenvalue weighted by Gasteiger charge is -2.31. The van der Waals surface area contributed by atoms with Gasteiger partial charge in [-0.1, -0.05) is 61.7 Å². The second kappa shape index (κ2) is 5.27. The molecular weight excluding hydrogens is 296 g/mol. The van der Waals surface area contributed by atoms with Crippen molar-refractivity contribution in [2.45, 2.75) is 0 Å². The molecule has 116 valence electrons. The van der Waals surface area contributed by atoms with Gasteiger partial charge in [-0.25, -0.2) is 0 Å². The van der Waals surface area contributed by atoms with Crippen molar-refractivity contribution in [3.05, 3.63) is 96.1 Å². The zero-order chi connectivity index (χ0) is 16.8. The Kier molecular flexibility index (Phi) is 3.20. The average molecular weight is 312 g/mol. The molecule has 0 fully saturated rings. The molecule has 0 spiro atoms. The van der Waals surface area contributed by atoms with Crippen molar-refractivity contribution in [3.63, 3.8) is 0 Å². The molecule has 2 aliphatic rings. The molecule has 24 heavy (non-hydrogen) atoms. The smallest absolute Gasteiger partial charge is 0.171 e. The van der Waals surface area contributed by atoms with Gasteiger partial charge in [-0.05, 0) is 34.1 Å². The van der Waals surface area contributed by atoms with Crippen molar-refractivity contribution in [2.75, 3.05) is 0 Å². The first-order valence-corrected chi connectivity index (χ1v) is 7.94. The number of benzene rings is 2. The van der Waals surface area contributed by atoms with Crippen LogP contribution in [-0.4, -0.2) is 11.6 Å². The number of hydrogen-bond acceptors (Lipinski definition) is 2. The van der Waals surface area contributed by atoms with Gasteiger partial charge in [-0.15, -0.1) is 0 Å². The van der Waals surface area contributed by atoms with E-state index in [0.717, 1.165) is 21.9 Å². The lowest BCUT2D eigenvalue weighted by molar-refractivity contribution is 0.0801. The summed E-state index contributed by atoms with van der Waals surface area (Å²) in [5.74, 6) is -0.913. The minimum Gasteiger partial charge on any atom is -0.293 e. The molecule has 0 amide bonds.